The van der Waals surface area contributed by atoms with Gasteiger partial charge in [0.1, 0.15) is 0 Å². The highest BCUT2D eigenvalue weighted by molar-refractivity contribution is 5.95. The Labute approximate surface area is 180 Å². The van der Waals surface area contributed by atoms with Crippen LogP contribution < -0.4 is 4.90 Å². The molecular weight excluding hydrogens is 372 g/mol. The molecule has 0 atom stereocenters. The number of amides is 1. The van der Waals surface area contributed by atoms with Gasteiger partial charge in [-0.15, -0.1) is 0 Å². The first kappa shape index (κ1) is 22.0. The SMILES string of the molecule is Cc1ccc(N(CCC#N)C(=O)CN2CCCN(Cc3ccccc3)CC2)cc1C. The third-order valence-corrected chi connectivity index (χ3v) is 5.84. The second-order valence-corrected chi connectivity index (χ2v) is 8.11. The van der Waals surface area contributed by atoms with Crippen LogP contribution in [0.3, 0.4) is 0 Å². The number of carbonyl (C=O) groups is 1. The van der Waals surface area contributed by atoms with Crippen molar-refractivity contribution in [2.75, 3.05) is 44.2 Å². The number of hydrogen-bond donors (Lipinski definition) is 0. The Hall–Kier alpha value is -2.68. The highest BCUT2D eigenvalue weighted by Crippen LogP contribution is 2.20. The van der Waals surface area contributed by atoms with Crippen LogP contribution in [-0.2, 0) is 11.3 Å². The molecule has 1 heterocycles. The molecule has 1 saturated heterocycles. The second-order valence-electron chi connectivity index (χ2n) is 8.11. The highest BCUT2D eigenvalue weighted by atomic mass is 16.2. The van der Waals surface area contributed by atoms with Crippen LogP contribution in [0.4, 0.5) is 5.69 Å². The maximum Gasteiger partial charge on any atom is 0.241 e. The molecule has 158 valence electrons. The van der Waals surface area contributed by atoms with Gasteiger partial charge in [-0.3, -0.25) is 14.6 Å². The minimum atomic E-state index is 0.0741. The van der Waals surface area contributed by atoms with Gasteiger partial charge in [-0.2, -0.15) is 5.26 Å². The van der Waals surface area contributed by atoms with E-state index in [9.17, 15) is 4.79 Å². The summed E-state index contributed by atoms with van der Waals surface area (Å²) in [5.41, 5.74) is 4.59. The van der Waals surface area contributed by atoms with Crippen LogP contribution in [0.1, 0.15) is 29.5 Å². The molecule has 1 fully saturated rings. The Morgan fingerprint density at radius 3 is 2.47 bits per heavy atom. The Morgan fingerprint density at radius 2 is 1.73 bits per heavy atom. The molecule has 30 heavy (non-hydrogen) atoms. The van der Waals surface area contributed by atoms with Crippen molar-refractivity contribution in [3.63, 3.8) is 0 Å². The molecule has 0 spiro atoms. The molecule has 0 aromatic heterocycles. The molecule has 0 saturated carbocycles. The molecule has 1 aliphatic rings. The summed E-state index contributed by atoms with van der Waals surface area (Å²) in [5, 5.41) is 9.05. The predicted octanol–water partition coefficient (Wildman–Crippen LogP) is 3.76. The smallest absolute Gasteiger partial charge is 0.241 e. The lowest BCUT2D eigenvalue weighted by atomic mass is 10.1. The van der Waals surface area contributed by atoms with Crippen molar-refractivity contribution in [3.05, 3.63) is 65.2 Å². The zero-order chi connectivity index (χ0) is 21.3. The van der Waals surface area contributed by atoms with E-state index in [0.717, 1.165) is 50.4 Å². The molecule has 1 aliphatic heterocycles. The molecule has 0 unspecified atom stereocenters. The van der Waals surface area contributed by atoms with Gasteiger partial charge < -0.3 is 4.90 Å². The first-order chi connectivity index (χ1) is 14.6. The van der Waals surface area contributed by atoms with Gasteiger partial charge >= 0.3 is 0 Å². The van der Waals surface area contributed by atoms with Gasteiger partial charge in [0.25, 0.3) is 0 Å². The van der Waals surface area contributed by atoms with Crippen LogP contribution in [-0.4, -0.2) is 55.0 Å². The van der Waals surface area contributed by atoms with E-state index in [1.165, 1.54) is 11.1 Å². The van der Waals surface area contributed by atoms with E-state index in [2.05, 4.69) is 60.0 Å². The molecule has 5 heteroatoms. The monoisotopic (exact) mass is 404 g/mol. The highest BCUT2D eigenvalue weighted by Gasteiger charge is 2.21. The first-order valence-corrected chi connectivity index (χ1v) is 10.8. The van der Waals surface area contributed by atoms with E-state index < -0.39 is 0 Å². The molecular formula is C25H32N4O. The van der Waals surface area contributed by atoms with Gasteiger partial charge in [0.05, 0.1) is 19.0 Å². The molecule has 2 aromatic rings. The van der Waals surface area contributed by atoms with Crippen molar-refractivity contribution in [1.82, 2.24) is 9.80 Å². The Balaban J connectivity index is 1.60. The number of nitriles is 1. The molecule has 1 amide bonds. The Morgan fingerprint density at radius 1 is 1.00 bits per heavy atom. The standard InChI is InChI=1S/C25H32N4O/c1-21-10-11-24(18-22(21)2)29(15-6-12-26)25(30)20-28-14-7-13-27(16-17-28)19-23-8-4-3-5-9-23/h3-5,8-11,18H,6-7,13-17,19-20H2,1-2H3. The molecule has 0 aliphatic carbocycles. The summed E-state index contributed by atoms with van der Waals surface area (Å²) in [6, 6.07) is 18.8. The minimum absolute atomic E-state index is 0.0741. The molecule has 2 aromatic carbocycles. The van der Waals surface area contributed by atoms with Crippen LogP contribution in [0.5, 0.6) is 0 Å². The lowest BCUT2D eigenvalue weighted by molar-refractivity contribution is -0.119. The van der Waals surface area contributed by atoms with E-state index in [1.807, 2.05) is 18.2 Å². The second kappa shape index (κ2) is 10.9. The fourth-order valence-corrected chi connectivity index (χ4v) is 3.91. The lowest BCUT2D eigenvalue weighted by Crippen LogP contribution is -2.42. The summed E-state index contributed by atoms with van der Waals surface area (Å²) in [5.74, 6) is 0.0741. The number of carbonyl (C=O) groups excluding carboxylic acids is 1. The predicted molar refractivity (Wildman–Crippen MR) is 121 cm³/mol. The van der Waals surface area contributed by atoms with E-state index in [-0.39, 0.29) is 5.91 Å². The normalized spacial score (nSPS) is 15.4. The van der Waals surface area contributed by atoms with Gasteiger partial charge in [0, 0.05) is 31.9 Å². The Bertz CT molecular complexity index is 874. The van der Waals surface area contributed by atoms with Gasteiger partial charge in [0.2, 0.25) is 5.91 Å². The largest absolute Gasteiger partial charge is 0.310 e. The Kier molecular flexibility index (Phi) is 8.01. The number of nitrogens with zero attached hydrogens (tertiary/aromatic N) is 4. The van der Waals surface area contributed by atoms with Crippen LogP contribution in [0.2, 0.25) is 0 Å². The van der Waals surface area contributed by atoms with Crippen LogP contribution in [0, 0.1) is 25.2 Å². The molecule has 5 nitrogen and oxygen atoms in total. The van der Waals surface area contributed by atoms with E-state index in [0.29, 0.717) is 19.5 Å². The minimum Gasteiger partial charge on any atom is -0.310 e. The average Bonchev–Trinajstić information content (AvgIpc) is 2.96. The van der Waals surface area contributed by atoms with Crippen molar-refractivity contribution in [2.45, 2.75) is 33.2 Å². The molecule has 3 rings (SSSR count). The third kappa shape index (κ3) is 6.16. The quantitative estimate of drug-likeness (QED) is 0.705. The number of benzene rings is 2. The maximum atomic E-state index is 13.2. The van der Waals surface area contributed by atoms with Gasteiger partial charge in [-0.05, 0) is 62.2 Å². The van der Waals surface area contributed by atoms with E-state index in [4.69, 9.17) is 5.26 Å². The maximum absolute atomic E-state index is 13.2. The topological polar surface area (TPSA) is 50.6 Å². The van der Waals surface area contributed by atoms with Crippen LogP contribution in [0.15, 0.2) is 48.5 Å². The first-order valence-electron chi connectivity index (χ1n) is 10.8. The lowest BCUT2D eigenvalue weighted by Gasteiger charge is -2.27. The zero-order valence-corrected chi connectivity index (χ0v) is 18.2. The third-order valence-electron chi connectivity index (χ3n) is 5.84. The summed E-state index contributed by atoms with van der Waals surface area (Å²) in [4.78, 5) is 19.7. The number of hydrogen-bond acceptors (Lipinski definition) is 4. The van der Waals surface area contributed by atoms with Gasteiger partial charge in [0.15, 0.2) is 0 Å². The number of rotatable bonds is 7. The van der Waals surface area contributed by atoms with Crippen molar-refractivity contribution in [3.8, 4) is 6.07 Å². The summed E-state index contributed by atoms with van der Waals surface area (Å²) in [6.45, 7) is 9.75. The van der Waals surface area contributed by atoms with Crippen molar-refractivity contribution < 1.29 is 4.79 Å². The summed E-state index contributed by atoms with van der Waals surface area (Å²) < 4.78 is 0. The fourth-order valence-electron chi connectivity index (χ4n) is 3.91. The van der Waals surface area contributed by atoms with Crippen molar-refractivity contribution in [1.29, 1.82) is 5.26 Å². The molecule has 0 radical (unpaired) electrons. The van der Waals surface area contributed by atoms with Crippen molar-refractivity contribution >= 4 is 11.6 Å². The number of anilines is 1. The fraction of sp³-hybridized carbons (Fsp3) is 0.440. The van der Waals surface area contributed by atoms with Gasteiger partial charge in [-0.1, -0.05) is 36.4 Å². The average molecular weight is 405 g/mol. The zero-order valence-electron chi connectivity index (χ0n) is 18.2. The van der Waals surface area contributed by atoms with E-state index in [1.54, 1.807) is 4.90 Å². The molecule has 0 bridgehead atoms. The number of aryl methyl sites for hydroxylation is 2. The van der Waals surface area contributed by atoms with Crippen molar-refractivity contribution in [2.24, 2.45) is 0 Å². The van der Waals surface area contributed by atoms with E-state index >= 15 is 0 Å². The van der Waals surface area contributed by atoms with Crippen LogP contribution in [0.25, 0.3) is 0 Å². The summed E-state index contributed by atoms with van der Waals surface area (Å²) >= 11 is 0. The van der Waals surface area contributed by atoms with Gasteiger partial charge in [-0.25, -0.2) is 0 Å². The van der Waals surface area contributed by atoms with Crippen LogP contribution >= 0.6 is 0 Å². The summed E-state index contributed by atoms with van der Waals surface area (Å²) in [6.07, 6.45) is 1.39. The summed E-state index contributed by atoms with van der Waals surface area (Å²) in [7, 11) is 0. The molecule has 0 N–H and O–H groups in total.